The maximum Gasteiger partial charge on any atom is 0.142 e. The van der Waals surface area contributed by atoms with Crippen LogP contribution in [0.2, 0.25) is 0 Å². The van der Waals surface area contributed by atoms with Crippen molar-refractivity contribution in [3.05, 3.63) is 23.7 Å². The molecule has 0 aromatic heterocycles. The van der Waals surface area contributed by atoms with Gasteiger partial charge in [-0.2, -0.15) is 0 Å². The Balaban J connectivity index is 2.16. The molecule has 5 N–H and O–H groups in total. The first-order chi connectivity index (χ1) is 7.65. The van der Waals surface area contributed by atoms with Crippen LogP contribution >= 0.6 is 0 Å². The highest BCUT2D eigenvalue weighted by molar-refractivity contribution is 5.31. The fourth-order valence-corrected chi connectivity index (χ4v) is 2.61. The van der Waals surface area contributed by atoms with Crippen molar-refractivity contribution in [2.75, 3.05) is 7.11 Å². The van der Waals surface area contributed by atoms with E-state index in [1.165, 1.54) is 32.1 Å². The lowest BCUT2D eigenvalue weighted by Gasteiger charge is -2.40. The van der Waals surface area contributed by atoms with Crippen molar-refractivity contribution in [1.29, 1.82) is 0 Å². The molecule has 0 aromatic carbocycles. The molecule has 0 amide bonds. The van der Waals surface area contributed by atoms with Crippen molar-refractivity contribution in [3.63, 3.8) is 0 Å². The molecule has 16 heavy (non-hydrogen) atoms. The first kappa shape index (κ1) is 11.3. The van der Waals surface area contributed by atoms with E-state index in [0.29, 0.717) is 17.4 Å². The number of nitrogens with two attached hydrogens (primary N) is 2. The fraction of sp³-hybridized carbons (Fsp3) is 0.667. The summed E-state index contributed by atoms with van der Waals surface area (Å²) in [5.41, 5.74) is 12.3. The van der Waals surface area contributed by atoms with Crippen molar-refractivity contribution < 1.29 is 4.74 Å². The van der Waals surface area contributed by atoms with Crippen LogP contribution in [0.5, 0.6) is 0 Å². The minimum Gasteiger partial charge on any atom is -0.495 e. The van der Waals surface area contributed by atoms with Crippen LogP contribution in [0.25, 0.3) is 0 Å². The molecule has 0 saturated heterocycles. The summed E-state index contributed by atoms with van der Waals surface area (Å²) in [4.78, 5) is 0. The Bertz CT molecular complexity index is 318. The van der Waals surface area contributed by atoms with Gasteiger partial charge >= 0.3 is 0 Å². The van der Waals surface area contributed by atoms with E-state index >= 15 is 0 Å². The van der Waals surface area contributed by atoms with Crippen molar-refractivity contribution in [2.45, 2.75) is 37.8 Å². The van der Waals surface area contributed by atoms with Crippen LogP contribution in [-0.4, -0.2) is 12.8 Å². The van der Waals surface area contributed by atoms with Crippen molar-refractivity contribution in [1.82, 2.24) is 5.32 Å². The van der Waals surface area contributed by atoms with Gasteiger partial charge in [-0.25, -0.2) is 0 Å². The molecule has 0 spiro atoms. The smallest absolute Gasteiger partial charge is 0.142 e. The zero-order valence-corrected chi connectivity index (χ0v) is 9.83. The summed E-state index contributed by atoms with van der Waals surface area (Å²) < 4.78 is 5.24. The second-order valence-corrected chi connectivity index (χ2v) is 4.72. The predicted octanol–water partition coefficient (Wildman–Crippen LogP) is 1.16. The summed E-state index contributed by atoms with van der Waals surface area (Å²) in [7, 11) is 1.62. The van der Waals surface area contributed by atoms with Crippen molar-refractivity contribution >= 4 is 0 Å². The summed E-state index contributed by atoms with van der Waals surface area (Å²) in [6, 6.07) is 0. The molecule has 4 nitrogen and oxygen atoms in total. The summed E-state index contributed by atoms with van der Waals surface area (Å²) in [6.07, 6.45) is 9.88. The molecule has 90 valence electrons. The Morgan fingerprint density at radius 3 is 2.69 bits per heavy atom. The molecule has 1 atom stereocenters. The highest BCUT2D eigenvalue weighted by Gasteiger charge is 2.35. The highest BCUT2D eigenvalue weighted by atomic mass is 16.5. The lowest BCUT2D eigenvalue weighted by Crippen LogP contribution is -2.57. The van der Waals surface area contributed by atoms with Gasteiger partial charge in [0.2, 0.25) is 0 Å². The number of nitrogens with one attached hydrogen (secondary N) is 1. The molecule has 0 bridgehead atoms. The molecule has 2 rings (SSSR count). The van der Waals surface area contributed by atoms with E-state index < -0.39 is 5.66 Å². The maximum atomic E-state index is 6.39. The first-order valence-corrected chi connectivity index (χ1v) is 5.95. The number of rotatable bonds is 2. The molecule has 1 fully saturated rings. The summed E-state index contributed by atoms with van der Waals surface area (Å²) in [6.45, 7) is 0. The third-order valence-corrected chi connectivity index (χ3v) is 3.63. The zero-order chi connectivity index (χ0) is 11.6. The summed E-state index contributed by atoms with van der Waals surface area (Å²) in [5, 5.41) is 3.21. The lowest BCUT2D eigenvalue weighted by molar-refractivity contribution is 0.209. The number of ether oxygens (including phenoxy) is 1. The van der Waals surface area contributed by atoms with Crippen LogP contribution in [-0.2, 0) is 4.74 Å². The van der Waals surface area contributed by atoms with Gasteiger partial charge in [0.15, 0.2) is 0 Å². The molecule has 1 aliphatic carbocycles. The van der Waals surface area contributed by atoms with Crippen LogP contribution in [0.4, 0.5) is 0 Å². The average molecular weight is 223 g/mol. The van der Waals surface area contributed by atoms with Gasteiger partial charge in [0.05, 0.1) is 12.8 Å². The summed E-state index contributed by atoms with van der Waals surface area (Å²) in [5.74, 6) is 1.16. The molecule has 0 aromatic rings. The van der Waals surface area contributed by atoms with Crippen LogP contribution in [0.1, 0.15) is 32.1 Å². The number of dihydropyridines is 1. The van der Waals surface area contributed by atoms with E-state index in [4.69, 9.17) is 16.2 Å². The Morgan fingerprint density at radius 2 is 2.06 bits per heavy atom. The minimum absolute atomic E-state index is 0.468. The Morgan fingerprint density at radius 1 is 1.38 bits per heavy atom. The highest BCUT2D eigenvalue weighted by Crippen LogP contribution is 2.33. The van der Waals surface area contributed by atoms with E-state index in [9.17, 15) is 0 Å². The van der Waals surface area contributed by atoms with Gasteiger partial charge < -0.3 is 21.5 Å². The Kier molecular flexibility index (Phi) is 3.10. The number of hydrogen-bond acceptors (Lipinski definition) is 4. The third kappa shape index (κ3) is 2.02. The van der Waals surface area contributed by atoms with Crippen LogP contribution in [0, 0.1) is 5.92 Å². The molecular formula is C12H21N3O. The van der Waals surface area contributed by atoms with E-state index in [2.05, 4.69) is 5.32 Å². The minimum atomic E-state index is -0.491. The van der Waals surface area contributed by atoms with Crippen LogP contribution < -0.4 is 16.8 Å². The quantitative estimate of drug-likeness (QED) is 0.656. The fourth-order valence-electron chi connectivity index (χ4n) is 2.61. The number of methoxy groups -OCH3 is 1. The van der Waals surface area contributed by atoms with Gasteiger partial charge in [-0.15, -0.1) is 0 Å². The van der Waals surface area contributed by atoms with Gasteiger partial charge in [-0.1, -0.05) is 19.3 Å². The van der Waals surface area contributed by atoms with Gasteiger partial charge in [0.1, 0.15) is 11.4 Å². The molecular weight excluding hydrogens is 202 g/mol. The second kappa shape index (κ2) is 4.37. The largest absolute Gasteiger partial charge is 0.495 e. The topological polar surface area (TPSA) is 73.3 Å². The van der Waals surface area contributed by atoms with Crippen molar-refractivity contribution in [3.8, 4) is 0 Å². The van der Waals surface area contributed by atoms with Gasteiger partial charge in [-0.05, 0) is 24.8 Å². The van der Waals surface area contributed by atoms with E-state index in [1.54, 1.807) is 13.3 Å². The van der Waals surface area contributed by atoms with Crippen LogP contribution in [0.15, 0.2) is 23.7 Å². The van der Waals surface area contributed by atoms with Crippen molar-refractivity contribution in [2.24, 2.45) is 17.4 Å². The average Bonchev–Trinajstić information content (AvgIpc) is 2.34. The van der Waals surface area contributed by atoms with E-state index in [1.807, 2.05) is 6.08 Å². The normalized spacial score (nSPS) is 31.4. The number of hydrogen-bond donors (Lipinski definition) is 3. The van der Waals surface area contributed by atoms with Gasteiger partial charge in [-0.3, -0.25) is 0 Å². The Hall–Kier alpha value is -1.16. The third-order valence-electron chi connectivity index (χ3n) is 3.63. The van der Waals surface area contributed by atoms with E-state index in [-0.39, 0.29) is 0 Å². The Labute approximate surface area is 96.7 Å². The molecule has 2 aliphatic rings. The molecule has 1 heterocycles. The monoisotopic (exact) mass is 223 g/mol. The maximum absolute atomic E-state index is 6.39. The first-order valence-electron chi connectivity index (χ1n) is 5.95. The van der Waals surface area contributed by atoms with Gasteiger partial charge in [0, 0.05) is 6.20 Å². The van der Waals surface area contributed by atoms with Crippen LogP contribution in [0.3, 0.4) is 0 Å². The summed E-state index contributed by atoms with van der Waals surface area (Å²) >= 11 is 0. The standard InChI is InChI=1S/C12H21N3O/c1-16-11-7-12(14,15-8-10(11)13)9-5-3-2-4-6-9/h7-9,15H,2-6,13-14H2,1H3. The van der Waals surface area contributed by atoms with Gasteiger partial charge in [0.25, 0.3) is 0 Å². The van der Waals surface area contributed by atoms with E-state index in [0.717, 1.165) is 0 Å². The SMILES string of the molecule is COC1=CC(N)(C2CCCCC2)NC=C1N. The molecule has 4 heteroatoms. The lowest BCUT2D eigenvalue weighted by atomic mass is 9.79. The molecule has 1 unspecified atom stereocenters. The zero-order valence-electron chi connectivity index (χ0n) is 9.83. The molecule has 1 saturated carbocycles. The predicted molar refractivity (Wildman–Crippen MR) is 64.0 cm³/mol. The molecule has 1 aliphatic heterocycles. The second-order valence-electron chi connectivity index (χ2n) is 4.72. The molecule has 0 radical (unpaired) electrons.